The van der Waals surface area contributed by atoms with Crippen molar-refractivity contribution < 1.29 is 14.9 Å². The second-order valence-corrected chi connectivity index (χ2v) is 5.60. The molecule has 0 bridgehead atoms. The molecule has 0 amide bonds. The fourth-order valence-electron chi connectivity index (χ4n) is 2.85. The van der Waals surface area contributed by atoms with Gasteiger partial charge in [0.1, 0.15) is 11.8 Å². The maximum Gasteiger partial charge on any atom is 0.162 e. The summed E-state index contributed by atoms with van der Waals surface area (Å²) in [5.41, 5.74) is -0.478. The summed E-state index contributed by atoms with van der Waals surface area (Å²) in [7, 11) is 1.56. The van der Waals surface area contributed by atoms with Crippen molar-refractivity contribution in [1.29, 1.82) is 0 Å². The maximum atomic E-state index is 10.7. The average molecular weight is 268 g/mol. The number of hydrogen-bond acceptors (Lipinski definition) is 4. The van der Waals surface area contributed by atoms with Crippen LogP contribution in [-0.2, 0) is 6.54 Å². The van der Waals surface area contributed by atoms with Crippen molar-refractivity contribution in [2.45, 2.75) is 57.8 Å². The van der Waals surface area contributed by atoms with Crippen molar-refractivity contribution in [3.8, 4) is 5.75 Å². The SMILES string of the molecule is CCn1ncc(OC)c1C(O)C1(O)CCC(C)CC1. The number of aromatic nitrogens is 2. The first-order valence-electron chi connectivity index (χ1n) is 7.02. The lowest BCUT2D eigenvalue weighted by Gasteiger charge is -2.38. The standard InChI is InChI=1S/C14H24N2O3/c1-4-16-12(11(19-3)9-15-16)13(17)14(18)7-5-10(2)6-8-14/h9-10,13,17-18H,4-8H2,1-3H3. The Bertz CT molecular complexity index is 401. The molecule has 1 aromatic heterocycles. The van der Waals surface area contributed by atoms with Crippen LogP contribution in [0.5, 0.6) is 5.75 Å². The van der Waals surface area contributed by atoms with Crippen molar-refractivity contribution >= 4 is 0 Å². The molecule has 1 heterocycles. The highest BCUT2D eigenvalue weighted by atomic mass is 16.5. The summed E-state index contributed by atoms with van der Waals surface area (Å²) < 4.78 is 6.95. The normalized spacial score (nSPS) is 29.2. The highest BCUT2D eigenvalue weighted by molar-refractivity contribution is 5.29. The second kappa shape index (κ2) is 5.51. The highest BCUT2D eigenvalue weighted by Crippen LogP contribution is 2.42. The Labute approximate surface area is 114 Å². The van der Waals surface area contributed by atoms with Gasteiger partial charge in [-0.25, -0.2) is 0 Å². The Hall–Kier alpha value is -1.07. The van der Waals surface area contributed by atoms with Gasteiger partial charge in [0.05, 0.1) is 18.9 Å². The van der Waals surface area contributed by atoms with E-state index < -0.39 is 11.7 Å². The van der Waals surface area contributed by atoms with E-state index in [4.69, 9.17) is 4.74 Å². The van der Waals surface area contributed by atoms with E-state index >= 15 is 0 Å². The molecule has 2 N–H and O–H groups in total. The van der Waals surface area contributed by atoms with Gasteiger partial charge in [-0.1, -0.05) is 6.92 Å². The molecule has 0 aliphatic heterocycles. The van der Waals surface area contributed by atoms with Gasteiger partial charge in [-0.05, 0) is 38.5 Å². The average Bonchev–Trinajstić information content (AvgIpc) is 2.84. The van der Waals surface area contributed by atoms with E-state index in [2.05, 4.69) is 12.0 Å². The summed E-state index contributed by atoms with van der Waals surface area (Å²) in [5, 5.41) is 25.5. The van der Waals surface area contributed by atoms with Crippen LogP contribution in [0.25, 0.3) is 0 Å². The van der Waals surface area contributed by atoms with Gasteiger partial charge in [0, 0.05) is 6.54 Å². The van der Waals surface area contributed by atoms with Gasteiger partial charge in [0.2, 0.25) is 0 Å². The molecule has 2 rings (SSSR count). The van der Waals surface area contributed by atoms with Gasteiger partial charge >= 0.3 is 0 Å². The molecule has 1 aliphatic carbocycles. The summed E-state index contributed by atoms with van der Waals surface area (Å²) >= 11 is 0. The van der Waals surface area contributed by atoms with Crippen molar-refractivity contribution in [3.63, 3.8) is 0 Å². The maximum absolute atomic E-state index is 10.7. The summed E-state index contributed by atoms with van der Waals surface area (Å²) in [4.78, 5) is 0. The van der Waals surface area contributed by atoms with Crippen LogP contribution >= 0.6 is 0 Å². The van der Waals surface area contributed by atoms with Crippen LogP contribution in [0, 0.1) is 5.92 Å². The van der Waals surface area contributed by atoms with Crippen molar-refractivity contribution in [2.24, 2.45) is 5.92 Å². The predicted molar refractivity (Wildman–Crippen MR) is 72.0 cm³/mol. The van der Waals surface area contributed by atoms with E-state index in [0.29, 0.717) is 36.7 Å². The van der Waals surface area contributed by atoms with Crippen molar-refractivity contribution in [1.82, 2.24) is 9.78 Å². The number of rotatable bonds is 4. The van der Waals surface area contributed by atoms with Crippen LogP contribution in [0.4, 0.5) is 0 Å². The van der Waals surface area contributed by atoms with Gasteiger partial charge in [0.25, 0.3) is 0 Å². The summed E-state index contributed by atoms with van der Waals surface area (Å²) in [5.74, 6) is 1.16. The molecule has 1 saturated carbocycles. The lowest BCUT2D eigenvalue weighted by Crippen LogP contribution is -2.40. The molecule has 1 aromatic rings. The van der Waals surface area contributed by atoms with Crippen LogP contribution in [0.1, 0.15) is 51.3 Å². The first kappa shape index (κ1) is 14.3. The largest absolute Gasteiger partial charge is 0.493 e. The molecule has 0 radical (unpaired) electrons. The molecule has 1 unspecified atom stereocenters. The van der Waals surface area contributed by atoms with E-state index in [1.807, 2.05) is 6.92 Å². The first-order valence-corrected chi connectivity index (χ1v) is 7.02. The van der Waals surface area contributed by atoms with Gasteiger partial charge in [-0.3, -0.25) is 4.68 Å². The highest BCUT2D eigenvalue weighted by Gasteiger charge is 2.42. The molecular weight excluding hydrogens is 244 g/mol. The number of ether oxygens (including phenoxy) is 1. The fourth-order valence-corrected chi connectivity index (χ4v) is 2.85. The van der Waals surface area contributed by atoms with Crippen LogP contribution in [0.15, 0.2) is 6.20 Å². The number of hydrogen-bond donors (Lipinski definition) is 2. The minimum atomic E-state index is -1.06. The van der Waals surface area contributed by atoms with Crippen molar-refractivity contribution in [3.05, 3.63) is 11.9 Å². The van der Waals surface area contributed by atoms with Gasteiger partial charge < -0.3 is 14.9 Å². The van der Waals surface area contributed by atoms with E-state index in [1.54, 1.807) is 18.0 Å². The molecule has 19 heavy (non-hydrogen) atoms. The first-order chi connectivity index (χ1) is 9.01. The molecule has 1 fully saturated rings. The Morgan fingerprint density at radius 2 is 2.16 bits per heavy atom. The summed E-state index contributed by atoms with van der Waals surface area (Å²) in [6, 6.07) is 0. The zero-order valence-electron chi connectivity index (χ0n) is 12.0. The molecule has 5 nitrogen and oxygen atoms in total. The molecule has 0 spiro atoms. The molecule has 5 heteroatoms. The van der Waals surface area contributed by atoms with E-state index in [-0.39, 0.29) is 0 Å². The summed E-state index contributed by atoms with van der Waals surface area (Å²) in [6.45, 7) is 4.78. The molecule has 0 saturated heterocycles. The summed E-state index contributed by atoms with van der Waals surface area (Å²) in [6.07, 6.45) is 3.77. The Kier molecular flexibility index (Phi) is 4.16. The number of aliphatic hydroxyl groups is 2. The van der Waals surface area contributed by atoms with Crippen LogP contribution < -0.4 is 4.74 Å². The van der Waals surface area contributed by atoms with E-state index in [0.717, 1.165) is 12.8 Å². The number of nitrogens with zero attached hydrogens (tertiary/aromatic N) is 2. The van der Waals surface area contributed by atoms with Gasteiger partial charge in [-0.2, -0.15) is 5.10 Å². The third kappa shape index (κ3) is 2.62. The van der Waals surface area contributed by atoms with E-state index in [1.165, 1.54) is 0 Å². The lowest BCUT2D eigenvalue weighted by atomic mass is 9.75. The fraction of sp³-hybridized carbons (Fsp3) is 0.786. The Morgan fingerprint density at radius 3 is 2.68 bits per heavy atom. The van der Waals surface area contributed by atoms with E-state index in [9.17, 15) is 10.2 Å². The number of methoxy groups -OCH3 is 1. The minimum Gasteiger partial charge on any atom is -0.493 e. The van der Waals surface area contributed by atoms with Gasteiger partial charge in [-0.15, -0.1) is 0 Å². The lowest BCUT2D eigenvalue weighted by molar-refractivity contribution is -0.109. The Balaban J connectivity index is 2.27. The van der Waals surface area contributed by atoms with Crippen molar-refractivity contribution in [2.75, 3.05) is 7.11 Å². The topological polar surface area (TPSA) is 67.5 Å². The quantitative estimate of drug-likeness (QED) is 0.875. The molecule has 0 aromatic carbocycles. The Morgan fingerprint density at radius 1 is 1.53 bits per heavy atom. The second-order valence-electron chi connectivity index (χ2n) is 5.60. The zero-order chi connectivity index (χ0) is 14.0. The number of aryl methyl sites for hydroxylation is 1. The monoisotopic (exact) mass is 268 g/mol. The molecule has 108 valence electrons. The predicted octanol–water partition coefficient (Wildman–Crippen LogP) is 1.89. The molecular formula is C14H24N2O3. The number of aliphatic hydroxyl groups excluding tert-OH is 1. The zero-order valence-corrected chi connectivity index (χ0v) is 12.0. The third-order valence-electron chi connectivity index (χ3n) is 4.27. The minimum absolute atomic E-state index is 0.543. The van der Waals surface area contributed by atoms with Crippen LogP contribution in [-0.4, -0.2) is 32.7 Å². The van der Waals surface area contributed by atoms with Crippen LogP contribution in [0.2, 0.25) is 0 Å². The van der Waals surface area contributed by atoms with Crippen LogP contribution in [0.3, 0.4) is 0 Å². The third-order valence-corrected chi connectivity index (χ3v) is 4.27. The van der Waals surface area contributed by atoms with Gasteiger partial charge in [0.15, 0.2) is 5.75 Å². The molecule has 1 aliphatic rings. The smallest absolute Gasteiger partial charge is 0.162 e. The molecule has 1 atom stereocenters.